The number of halogens is 1. The highest BCUT2D eigenvalue weighted by Crippen LogP contribution is 2.34. The summed E-state index contributed by atoms with van der Waals surface area (Å²) in [6, 6.07) is 17.7. The SMILES string of the molecule is O=C(Nc1ccc(Cl)c(-c2nc3ccccc3o2)c1)c1ccc2c(c1)OCO2. The van der Waals surface area contributed by atoms with Gasteiger partial charge in [0.15, 0.2) is 17.1 Å². The molecule has 1 N–H and O–H groups in total. The summed E-state index contributed by atoms with van der Waals surface area (Å²) < 4.78 is 16.4. The molecule has 1 aromatic heterocycles. The van der Waals surface area contributed by atoms with Crippen LogP contribution in [0.5, 0.6) is 11.5 Å². The van der Waals surface area contributed by atoms with E-state index in [2.05, 4.69) is 10.3 Å². The lowest BCUT2D eigenvalue weighted by molar-refractivity contribution is 0.102. The van der Waals surface area contributed by atoms with Gasteiger partial charge in [-0.1, -0.05) is 23.7 Å². The first-order valence-electron chi connectivity index (χ1n) is 8.54. The maximum atomic E-state index is 12.6. The summed E-state index contributed by atoms with van der Waals surface area (Å²) >= 11 is 6.33. The number of hydrogen-bond donors (Lipinski definition) is 1. The molecule has 6 nitrogen and oxygen atoms in total. The molecule has 0 bridgehead atoms. The Morgan fingerprint density at radius 1 is 1.00 bits per heavy atom. The molecule has 5 rings (SSSR count). The highest BCUT2D eigenvalue weighted by Gasteiger charge is 2.17. The van der Waals surface area contributed by atoms with E-state index in [1.807, 2.05) is 24.3 Å². The number of amides is 1. The molecule has 0 radical (unpaired) electrons. The minimum absolute atomic E-state index is 0.158. The van der Waals surface area contributed by atoms with Gasteiger partial charge >= 0.3 is 0 Å². The topological polar surface area (TPSA) is 73.6 Å². The van der Waals surface area contributed by atoms with Crippen molar-refractivity contribution in [1.82, 2.24) is 4.98 Å². The van der Waals surface area contributed by atoms with Crippen LogP contribution in [-0.2, 0) is 0 Å². The first-order chi connectivity index (χ1) is 13.7. The minimum Gasteiger partial charge on any atom is -0.454 e. The van der Waals surface area contributed by atoms with E-state index >= 15 is 0 Å². The molecule has 0 saturated carbocycles. The number of benzene rings is 3. The molecule has 1 aliphatic heterocycles. The van der Waals surface area contributed by atoms with Gasteiger partial charge in [-0.3, -0.25) is 4.79 Å². The second-order valence-electron chi connectivity index (χ2n) is 6.20. The van der Waals surface area contributed by atoms with Gasteiger partial charge in [0.2, 0.25) is 12.7 Å². The molecule has 0 saturated heterocycles. The summed E-state index contributed by atoms with van der Waals surface area (Å²) in [6.07, 6.45) is 0. The quantitative estimate of drug-likeness (QED) is 0.523. The van der Waals surface area contributed by atoms with Crippen LogP contribution in [-0.4, -0.2) is 17.7 Å². The monoisotopic (exact) mass is 392 g/mol. The van der Waals surface area contributed by atoms with Crippen LogP contribution in [0.15, 0.2) is 65.1 Å². The molecule has 4 aromatic rings. The molecule has 1 aliphatic rings. The Bertz CT molecular complexity index is 1190. The molecular weight excluding hydrogens is 380 g/mol. The Labute approximate surface area is 164 Å². The number of ether oxygens (including phenoxy) is 2. The molecule has 0 aliphatic carbocycles. The van der Waals surface area contributed by atoms with E-state index in [0.29, 0.717) is 44.8 Å². The Morgan fingerprint density at radius 2 is 1.86 bits per heavy atom. The molecule has 0 fully saturated rings. The van der Waals surface area contributed by atoms with Crippen LogP contribution in [0.3, 0.4) is 0 Å². The fourth-order valence-corrected chi connectivity index (χ4v) is 3.19. The lowest BCUT2D eigenvalue weighted by atomic mass is 10.1. The smallest absolute Gasteiger partial charge is 0.255 e. The Hall–Kier alpha value is -3.51. The number of anilines is 1. The van der Waals surface area contributed by atoms with Crippen LogP contribution in [0.2, 0.25) is 5.02 Å². The second-order valence-corrected chi connectivity index (χ2v) is 6.61. The van der Waals surface area contributed by atoms with E-state index in [4.69, 9.17) is 25.5 Å². The van der Waals surface area contributed by atoms with Crippen molar-refractivity contribution in [3.05, 3.63) is 71.2 Å². The molecule has 0 unspecified atom stereocenters. The van der Waals surface area contributed by atoms with Gasteiger partial charge in [-0.15, -0.1) is 0 Å². The summed E-state index contributed by atoms with van der Waals surface area (Å²) in [5, 5.41) is 3.34. The third-order valence-electron chi connectivity index (χ3n) is 4.38. The van der Waals surface area contributed by atoms with Crippen molar-refractivity contribution in [3.8, 4) is 23.0 Å². The number of aromatic nitrogens is 1. The molecule has 0 atom stereocenters. The summed E-state index contributed by atoms with van der Waals surface area (Å²) in [4.78, 5) is 17.1. The third kappa shape index (κ3) is 2.93. The lowest BCUT2D eigenvalue weighted by Gasteiger charge is -2.08. The van der Waals surface area contributed by atoms with Gasteiger partial charge < -0.3 is 19.2 Å². The van der Waals surface area contributed by atoms with E-state index in [9.17, 15) is 4.79 Å². The molecule has 138 valence electrons. The van der Waals surface area contributed by atoms with Crippen LogP contribution in [0.25, 0.3) is 22.6 Å². The molecule has 2 heterocycles. The third-order valence-corrected chi connectivity index (χ3v) is 4.71. The first kappa shape index (κ1) is 16.6. The van der Waals surface area contributed by atoms with Crippen molar-refractivity contribution >= 4 is 34.3 Å². The van der Waals surface area contributed by atoms with Crippen LogP contribution < -0.4 is 14.8 Å². The van der Waals surface area contributed by atoms with Crippen molar-refractivity contribution in [2.24, 2.45) is 0 Å². The van der Waals surface area contributed by atoms with E-state index in [0.717, 1.165) is 5.52 Å². The van der Waals surface area contributed by atoms with Gasteiger partial charge in [-0.25, -0.2) is 4.98 Å². The average Bonchev–Trinajstić information content (AvgIpc) is 3.35. The van der Waals surface area contributed by atoms with Crippen molar-refractivity contribution in [3.63, 3.8) is 0 Å². The summed E-state index contributed by atoms with van der Waals surface area (Å²) in [6.45, 7) is 0.158. The minimum atomic E-state index is -0.274. The lowest BCUT2D eigenvalue weighted by Crippen LogP contribution is -2.11. The van der Waals surface area contributed by atoms with Gasteiger partial charge in [0, 0.05) is 11.3 Å². The Kier molecular flexibility index (Phi) is 3.91. The van der Waals surface area contributed by atoms with Gasteiger partial charge in [0.1, 0.15) is 5.52 Å². The predicted molar refractivity (Wildman–Crippen MR) is 105 cm³/mol. The number of oxazole rings is 1. The number of hydrogen-bond acceptors (Lipinski definition) is 5. The van der Waals surface area contributed by atoms with Crippen LogP contribution in [0, 0.1) is 0 Å². The van der Waals surface area contributed by atoms with Crippen LogP contribution >= 0.6 is 11.6 Å². The number of carbonyl (C=O) groups is 1. The van der Waals surface area contributed by atoms with Crippen molar-refractivity contribution in [2.45, 2.75) is 0 Å². The highest BCUT2D eigenvalue weighted by molar-refractivity contribution is 6.33. The summed E-state index contributed by atoms with van der Waals surface area (Å²) in [7, 11) is 0. The van der Waals surface area contributed by atoms with E-state index < -0.39 is 0 Å². The standard InChI is InChI=1S/C21H13ClN2O4/c22-15-7-6-13(10-14(15)21-24-16-3-1-2-4-17(16)28-21)23-20(25)12-5-8-18-19(9-12)27-11-26-18/h1-10H,11H2,(H,23,25). The second kappa shape index (κ2) is 6.58. The van der Waals surface area contributed by atoms with Crippen LogP contribution in [0.4, 0.5) is 5.69 Å². The Morgan fingerprint density at radius 3 is 2.75 bits per heavy atom. The number of carbonyl (C=O) groups excluding carboxylic acids is 1. The zero-order chi connectivity index (χ0) is 19.1. The maximum absolute atomic E-state index is 12.6. The largest absolute Gasteiger partial charge is 0.454 e. The average molecular weight is 393 g/mol. The molecule has 1 amide bonds. The number of rotatable bonds is 3. The van der Waals surface area contributed by atoms with Gasteiger partial charge in [-0.2, -0.15) is 0 Å². The van der Waals surface area contributed by atoms with E-state index in [1.54, 1.807) is 36.4 Å². The number of nitrogens with one attached hydrogen (secondary N) is 1. The van der Waals surface area contributed by atoms with Crippen molar-refractivity contribution in [1.29, 1.82) is 0 Å². The first-order valence-corrected chi connectivity index (χ1v) is 8.92. The summed E-state index contributed by atoms with van der Waals surface area (Å²) in [5.41, 5.74) is 3.04. The molecule has 3 aromatic carbocycles. The number of para-hydroxylation sites is 2. The van der Waals surface area contributed by atoms with Gasteiger partial charge in [0.25, 0.3) is 5.91 Å². The Balaban J connectivity index is 1.44. The molecular formula is C21H13ClN2O4. The van der Waals surface area contributed by atoms with E-state index in [1.165, 1.54) is 0 Å². The predicted octanol–water partition coefficient (Wildman–Crippen LogP) is 5.13. The summed E-state index contributed by atoms with van der Waals surface area (Å²) in [5.74, 6) is 1.30. The van der Waals surface area contributed by atoms with Gasteiger partial charge in [-0.05, 0) is 48.5 Å². The molecule has 28 heavy (non-hydrogen) atoms. The number of nitrogens with zero attached hydrogens (tertiary/aromatic N) is 1. The van der Waals surface area contributed by atoms with Crippen molar-refractivity contribution < 1.29 is 18.7 Å². The fourth-order valence-electron chi connectivity index (χ4n) is 3.00. The fraction of sp³-hybridized carbons (Fsp3) is 0.0476. The molecule has 0 spiro atoms. The maximum Gasteiger partial charge on any atom is 0.255 e. The van der Waals surface area contributed by atoms with Crippen molar-refractivity contribution in [2.75, 3.05) is 12.1 Å². The highest BCUT2D eigenvalue weighted by atomic mass is 35.5. The number of fused-ring (bicyclic) bond motifs is 2. The van der Waals surface area contributed by atoms with E-state index in [-0.39, 0.29) is 12.7 Å². The zero-order valence-electron chi connectivity index (χ0n) is 14.4. The zero-order valence-corrected chi connectivity index (χ0v) is 15.2. The van der Waals surface area contributed by atoms with Crippen LogP contribution in [0.1, 0.15) is 10.4 Å². The van der Waals surface area contributed by atoms with Gasteiger partial charge in [0.05, 0.1) is 10.6 Å². The molecule has 7 heteroatoms. The normalized spacial score (nSPS) is 12.3.